The van der Waals surface area contributed by atoms with Crippen LogP contribution in [0, 0.1) is 0 Å². The maximum Gasteiger partial charge on any atom is 0.258 e. The first-order valence-corrected chi connectivity index (χ1v) is 7.21. The van der Waals surface area contributed by atoms with Gasteiger partial charge in [-0.05, 0) is 28.1 Å². The zero-order chi connectivity index (χ0) is 15.2. The van der Waals surface area contributed by atoms with E-state index >= 15 is 0 Å². The van der Waals surface area contributed by atoms with Crippen molar-refractivity contribution in [3.8, 4) is 23.0 Å². The maximum absolute atomic E-state index is 5.75. The fourth-order valence-corrected chi connectivity index (χ4v) is 1.84. The highest BCUT2D eigenvalue weighted by atomic mass is 79.9. The number of nitrogens with zero attached hydrogens (tertiary/aromatic N) is 4. The molecule has 108 valence electrons. The van der Waals surface area contributed by atoms with Crippen molar-refractivity contribution in [3.05, 3.63) is 41.1 Å². The number of hydrogen-bond acceptors (Lipinski definition) is 6. The second kappa shape index (κ2) is 6.94. The van der Waals surface area contributed by atoms with Crippen molar-refractivity contribution in [2.75, 3.05) is 5.73 Å². The molecule has 0 atom stereocenters. The Morgan fingerprint density at radius 1 is 1.10 bits per heavy atom. The van der Waals surface area contributed by atoms with E-state index in [4.69, 9.17) is 10.3 Å². The molecule has 6 nitrogen and oxygen atoms in total. The van der Waals surface area contributed by atoms with Crippen LogP contribution in [0.1, 0.15) is 13.8 Å². The lowest BCUT2D eigenvalue weighted by Gasteiger charge is -1.98. The predicted molar refractivity (Wildman–Crippen MR) is 84.2 cm³/mol. The number of benzene rings is 1. The molecule has 0 bridgehead atoms. The van der Waals surface area contributed by atoms with Crippen LogP contribution in [-0.4, -0.2) is 20.1 Å². The second-order valence-corrected chi connectivity index (χ2v) is 4.53. The van der Waals surface area contributed by atoms with Gasteiger partial charge in [-0.2, -0.15) is 4.98 Å². The molecule has 0 fully saturated rings. The Hall–Kier alpha value is -2.28. The van der Waals surface area contributed by atoms with Gasteiger partial charge in [0.25, 0.3) is 5.89 Å². The number of halogens is 1. The van der Waals surface area contributed by atoms with Crippen molar-refractivity contribution < 1.29 is 4.52 Å². The Morgan fingerprint density at radius 2 is 1.81 bits per heavy atom. The summed E-state index contributed by atoms with van der Waals surface area (Å²) in [6.07, 6.45) is 1.51. The first-order valence-electron chi connectivity index (χ1n) is 6.41. The Balaban J connectivity index is 0.000000774. The molecule has 0 aliphatic heterocycles. The predicted octanol–water partition coefficient (Wildman–Crippen LogP) is 3.56. The van der Waals surface area contributed by atoms with Gasteiger partial charge in [0.15, 0.2) is 11.5 Å². The van der Waals surface area contributed by atoms with Gasteiger partial charge in [-0.15, -0.1) is 0 Å². The Labute approximate surface area is 130 Å². The zero-order valence-electron chi connectivity index (χ0n) is 11.6. The molecule has 0 saturated heterocycles. The third kappa shape index (κ3) is 3.43. The lowest BCUT2D eigenvalue weighted by Crippen LogP contribution is -1.98. The highest BCUT2D eigenvalue weighted by Crippen LogP contribution is 2.24. The SMILES string of the molecule is CC.Nc1ncc(Br)nc1-c1noc(-c2ccccc2)n1. The number of hydrogen-bond donors (Lipinski definition) is 1. The number of nitrogen functional groups attached to an aromatic ring is 1. The molecule has 0 amide bonds. The molecule has 3 aromatic rings. The minimum Gasteiger partial charge on any atom is -0.382 e. The van der Waals surface area contributed by atoms with Crippen LogP contribution in [0.25, 0.3) is 23.0 Å². The van der Waals surface area contributed by atoms with Gasteiger partial charge in [-0.3, -0.25) is 0 Å². The summed E-state index contributed by atoms with van der Waals surface area (Å²) in [5, 5.41) is 3.88. The molecule has 3 rings (SSSR count). The summed E-state index contributed by atoms with van der Waals surface area (Å²) in [5.41, 5.74) is 6.98. The van der Waals surface area contributed by atoms with Crippen LogP contribution in [0.5, 0.6) is 0 Å². The molecule has 2 aromatic heterocycles. The van der Waals surface area contributed by atoms with Gasteiger partial charge >= 0.3 is 0 Å². The van der Waals surface area contributed by atoms with Gasteiger partial charge in [0.1, 0.15) is 4.60 Å². The third-order valence-corrected chi connectivity index (χ3v) is 2.81. The summed E-state index contributed by atoms with van der Waals surface area (Å²) < 4.78 is 5.76. The van der Waals surface area contributed by atoms with Crippen LogP contribution in [0.15, 0.2) is 45.7 Å². The van der Waals surface area contributed by atoms with Gasteiger partial charge in [0.2, 0.25) is 5.82 Å². The highest BCUT2D eigenvalue weighted by Gasteiger charge is 2.15. The molecule has 2 N–H and O–H groups in total. The molecule has 2 heterocycles. The minimum atomic E-state index is 0.253. The van der Waals surface area contributed by atoms with E-state index < -0.39 is 0 Å². The average Bonchev–Trinajstić information content (AvgIpc) is 3.02. The van der Waals surface area contributed by atoms with Crippen LogP contribution in [0.3, 0.4) is 0 Å². The molecular formula is C14H14BrN5O. The van der Waals surface area contributed by atoms with Gasteiger partial charge in [0.05, 0.1) is 6.20 Å². The number of rotatable bonds is 2. The van der Waals surface area contributed by atoms with E-state index in [9.17, 15) is 0 Å². The van der Waals surface area contributed by atoms with Crippen molar-refractivity contribution in [1.82, 2.24) is 20.1 Å². The van der Waals surface area contributed by atoms with E-state index in [1.807, 2.05) is 44.2 Å². The molecule has 7 heteroatoms. The zero-order valence-corrected chi connectivity index (χ0v) is 13.2. The molecule has 0 radical (unpaired) electrons. The average molecular weight is 348 g/mol. The molecule has 0 aliphatic rings. The quantitative estimate of drug-likeness (QED) is 0.761. The van der Waals surface area contributed by atoms with Gasteiger partial charge in [-0.25, -0.2) is 9.97 Å². The van der Waals surface area contributed by atoms with E-state index in [1.165, 1.54) is 6.20 Å². The standard InChI is InChI=1S/C12H8BrN5O.C2H6/c13-8-6-15-10(14)9(16-8)11-17-12(19-18-11)7-4-2-1-3-5-7;1-2/h1-6H,(H2,14,15);1-2H3. The fraction of sp³-hybridized carbons (Fsp3) is 0.143. The van der Waals surface area contributed by atoms with Crippen LogP contribution in [0.2, 0.25) is 0 Å². The Bertz CT molecular complexity index is 714. The molecule has 1 aromatic carbocycles. The molecule has 21 heavy (non-hydrogen) atoms. The van der Waals surface area contributed by atoms with Gasteiger partial charge < -0.3 is 10.3 Å². The second-order valence-electron chi connectivity index (χ2n) is 3.72. The van der Waals surface area contributed by atoms with Crippen LogP contribution >= 0.6 is 15.9 Å². The largest absolute Gasteiger partial charge is 0.382 e. The van der Waals surface area contributed by atoms with Gasteiger partial charge in [0, 0.05) is 5.56 Å². The van der Waals surface area contributed by atoms with Gasteiger partial charge in [-0.1, -0.05) is 37.2 Å². The first-order chi connectivity index (χ1) is 10.2. The molecular weight excluding hydrogens is 334 g/mol. The van der Waals surface area contributed by atoms with Crippen LogP contribution < -0.4 is 5.73 Å². The van der Waals surface area contributed by atoms with E-state index in [0.29, 0.717) is 22.0 Å². The lowest BCUT2D eigenvalue weighted by molar-refractivity contribution is 0.432. The highest BCUT2D eigenvalue weighted by molar-refractivity contribution is 9.10. The normalized spacial score (nSPS) is 9.86. The summed E-state index contributed by atoms with van der Waals surface area (Å²) in [6.45, 7) is 4.00. The topological polar surface area (TPSA) is 90.7 Å². The van der Waals surface area contributed by atoms with Crippen LogP contribution in [0.4, 0.5) is 5.82 Å². The molecule has 0 unspecified atom stereocenters. The smallest absolute Gasteiger partial charge is 0.258 e. The monoisotopic (exact) mass is 347 g/mol. The van der Waals surface area contributed by atoms with Crippen molar-refractivity contribution >= 4 is 21.7 Å². The van der Waals surface area contributed by atoms with E-state index in [-0.39, 0.29) is 5.82 Å². The van der Waals surface area contributed by atoms with Crippen molar-refractivity contribution in [2.24, 2.45) is 0 Å². The van der Waals surface area contributed by atoms with Crippen molar-refractivity contribution in [1.29, 1.82) is 0 Å². The molecule has 0 saturated carbocycles. The Kier molecular flexibility index (Phi) is 4.99. The van der Waals surface area contributed by atoms with E-state index in [1.54, 1.807) is 0 Å². The lowest BCUT2D eigenvalue weighted by atomic mass is 10.2. The number of aromatic nitrogens is 4. The van der Waals surface area contributed by atoms with E-state index in [0.717, 1.165) is 5.56 Å². The third-order valence-electron chi connectivity index (χ3n) is 2.43. The Morgan fingerprint density at radius 3 is 2.52 bits per heavy atom. The summed E-state index contributed by atoms with van der Waals surface area (Å²) in [4.78, 5) is 12.4. The first kappa shape index (κ1) is 15.1. The van der Waals surface area contributed by atoms with Crippen molar-refractivity contribution in [3.63, 3.8) is 0 Å². The minimum absolute atomic E-state index is 0.253. The summed E-state index contributed by atoms with van der Waals surface area (Å²) in [7, 11) is 0. The number of anilines is 1. The summed E-state index contributed by atoms with van der Waals surface area (Å²) in [5.74, 6) is 0.977. The van der Waals surface area contributed by atoms with Crippen molar-refractivity contribution in [2.45, 2.75) is 13.8 Å². The molecule has 0 spiro atoms. The summed E-state index contributed by atoms with van der Waals surface area (Å²) >= 11 is 3.23. The number of nitrogens with two attached hydrogens (primary N) is 1. The van der Waals surface area contributed by atoms with Crippen LogP contribution in [-0.2, 0) is 0 Å². The summed E-state index contributed by atoms with van der Waals surface area (Å²) in [6, 6.07) is 9.47. The maximum atomic E-state index is 5.75. The fourth-order valence-electron chi connectivity index (χ4n) is 1.56. The molecule has 0 aliphatic carbocycles. The van der Waals surface area contributed by atoms with E-state index in [2.05, 4.69) is 36.0 Å².